The molecule has 1 amide bonds. The summed E-state index contributed by atoms with van der Waals surface area (Å²) < 4.78 is 11.4. The number of hydrogen-bond acceptors (Lipinski definition) is 6. The maximum Gasteiger partial charge on any atom is 0.338 e. The van der Waals surface area contributed by atoms with Crippen LogP contribution in [0.3, 0.4) is 0 Å². The number of hydrogen-bond donors (Lipinski definition) is 1. The van der Waals surface area contributed by atoms with E-state index in [-0.39, 0.29) is 12.6 Å². The van der Waals surface area contributed by atoms with Gasteiger partial charge in [0.05, 0.1) is 24.5 Å². The number of amides is 1. The number of esters is 1. The van der Waals surface area contributed by atoms with Gasteiger partial charge in [0.2, 0.25) is 5.91 Å². The summed E-state index contributed by atoms with van der Waals surface area (Å²) in [5, 5.41) is 6.98. The number of ether oxygens (including phenoxy) is 2. The molecular formula is C23H23N3O5. The van der Waals surface area contributed by atoms with Crippen molar-refractivity contribution in [1.82, 2.24) is 9.78 Å². The lowest BCUT2D eigenvalue weighted by molar-refractivity contribution is -0.117. The molecule has 0 saturated heterocycles. The molecule has 0 fully saturated rings. The Kier molecular flexibility index (Phi) is 6.81. The fourth-order valence-electron chi connectivity index (χ4n) is 2.81. The number of benzene rings is 2. The van der Waals surface area contributed by atoms with E-state index in [9.17, 15) is 14.4 Å². The molecule has 1 N–H and O–H groups in total. The van der Waals surface area contributed by atoms with Crippen molar-refractivity contribution in [2.24, 2.45) is 0 Å². The van der Waals surface area contributed by atoms with Crippen molar-refractivity contribution in [3.05, 3.63) is 76.6 Å². The first kappa shape index (κ1) is 21.8. The number of anilines is 1. The summed E-state index contributed by atoms with van der Waals surface area (Å²) in [5.74, 6) is -0.191. The van der Waals surface area contributed by atoms with Crippen LogP contribution in [0.1, 0.15) is 24.2 Å². The number of aromatic nitrogens is 2. The zero-order valence-corrected chi connectivity index (χ0v) is 17.5. The molecule has 8 nitrogen and oxygen atoms in total. The van der Waals surface area contributed by atoms with Gasteiger partial charge in [0, 0.05) is 17.3 Å². The summed E-state index contributed by atoms with van der Waals surface area (Å²) in [6.07, 6.45) is -0.217. The first-order chi connectivity index (χ1) is 14.9. The maximum atomic E-state index is 12.4. The molecule has 160 valence electrons. The molecule has 1 heterocycles. The third kappa shape index (κ3) is 5.79. The summed E-state index contributed by atoms with van der Waals surface area (Å²) in [6.45, 7) is 3.28. The van der Waals surface area contributed by atoms with Crippen LogP contribution >= 0.6 is 0 Å². The highest BCUT2D eigenvalue weighted by Gasteiger charge is 2.11. The molecule has 0 radical (unpaired) electrons. The molecule has 0 aliphatic rings. The van der Waals surface area contributed by atoms with Gasteiger partial charge in [0.1, 0.15) is 12.3 Å². The highest BCUT2D eigenvalue weighted by molar-refractivity contribution is 5.93. The number of nitrogens with zero attached hydrogens (tertiary/aromatic N) is 2. The summed E-state index contributed by atoms with van der Waals surface area (Å²) in [7, 11) is 1.57. The fraction of sp³-hybridized carbons (Fsp3) is 0.217. The second kappa shape index (κ2) is 9.71. The monoisotopic (exact) mass is 421 g/mol. The number of carbonyl (C=O) groups is 2. The Balaban J connectivity index is 1.70. The normalized spacial score (nSPS) is 10.6. The van der Waals surface area contributed by atoms with Gasteiger partial charge in [-0.15, -0.1) is 0 Å². The highest BCUT2D eigenvalue weighted by Crippen LogP contribution is 2.21. The van der Waals surface area contributed by atoms with E-state index in [2.05, 4.69) is 10.4 Å². The van der Waals surface area contributed by atoms with Gasteiger partial charge < -0.3 is 14.8 Å². The van der Waals surface area contributed by atoms with E-state index in [0.29, 0.717) is 22.7 Å². The summed E-state index contributed by atoms with van der Waals surface area (Å²) >= 11 is 0. The Morgan fingerprint density at radius 1 is 1.06 bits per heavy atom. The predicted molar refractivity (Wildman–Crippen MR) is 116 cm³/mol. The largest absolute Gasteiger partial charge is 0.497 e. The molecule has 0 aliphatic carbocycles. The van der Waals surface area contributed by atoms with Crippen LogP contribution in [0.2, 0.25) is 0 Å². The Hall–Kier alpha value is -3.94. The smallest absolute Gasteiger partial charge is 0.338 e. The lowest BCUT2D eigenvalue weighted by Gasteiger charge is -2.10. The van der Waals surface area contributed by atoms with Gasteiger partial charge in [-0.1, -0.05) is 12.1 Å². The van der Waals surface area contributed by atoms with E-state index < -0.39 is 17.4 Å². The topological polar surface area (TPSA) is 99.5 Å². The van der Waals surface area contributed by atoms with E-state index in [1.807, 2.05) is 12.1 Å². The molecule has 31 heavy (non-hydrogen) atoms. The van der Waals surface area contributed by atoms with Crippen LogP contribution in [0.4, 0.5) is 5.69 Å². The minimum Gasteiger partial charge on any atom is -0.497 e. The predicted octanol–water partition coefficient (Wildman–Crippen LogP) is 3.12. The maximum absolute atomic E-state index is 12.4. The van der Waals surface area contributed by atoms with Crippen LogP contribution in [0.5, 0.6) is 5.75 Å². The van der Waals surface area contributed by atoms with Gasteiger partial charge in [-0.25, -0.2) is 9.48 Å². The standard InChI is InChI=1S/C23H23N3O5/c1-15(2)31-23(29)16-7-9-18(10-8-16)24-21(27)14-26-22(28)12-11-20(25-26)17-5-4-6-19(13-17)30-3/h4-13,15H,14H2,1-3H3,(H,24,27). The molecule has 0 unspecified atom stereocenters. The van der Waals surface area contributed by atoms with Gasteiger partial charge in [0.25, 0.3) is 5.56 Å². The first-order valence-corrected chi connectivity index (χ1v) is 9.69. The zero-order valence-electron chi connectivity index (χ0n) is 17.5. The average molecular weight is 421 g/mol. The number of rotatable bonds is 7. The Morgan fingerprint density at radius 3 is 2.48 bits per heavy atom. The fourth-order valence-corrected chi connectivity index (χ4v) is 2.81. The van der Waals surface area contributed by atoms with Crippen LogP contribution in [0.25, 0.3) is 11.3 Å². The number of nitrogens with one attached hydrogen (secondary N) is 1. The first-order valence-electron chi connectivity index (χ1n) is 9.69. The molecular weight excluding hydrogens is 398 g/mol. The molecule has 2 aromatic carbocycles. The van der Waals surface area contributed by atoms with Crippen molar-refractivity contribution in [2.45, 2.75) is 26.5 Å². The Morgan fingerprint density at radius 2 is 1.81 bits per heavy atom. The lowest BCUT2D eigenvalue weighted by atomic mass is 10.1. The molecule has 1 aromatic heterocycles. The van der Waals surface area contributed by atoms with Gasteiger partial charge in [-0.2, -0.15) is 5.10 Å². The Labute approximate surface area is 179 Å². The van der Waals surface area contributed by atoms with E-state index in [1.54, 1.807) is 63.4 Å². The van der Waals surface area contributed by atoms with E-state index in [1.165, 1.54) is 6.07 Å². The quantitative estimate of drug-likeness (QED) is 0.589. The van der Waals surface area contributed by atoms with Gasteiger partial charge in [-0.05, 0) is 56.3 Å². The third-order valence-corrected chi connectivity index (χ3v) is 4.27. The molecule has 0 bridgehead atoms. The second-order valence-electron chi connectivity index (χ2n) is 7.03. The molecule has 0 aliphatic heterocycles. The molecule has 0 saturated carbocycles. The van der Waals surface area contributed by atoms with Gasteiger partial charge >= 0.3 is 5.97 Å². The van der Waals surface area contributed by atoms with Crippen LogP contribution < -0.4 is 15.6 Å². The van der Waals surface area contributed by atoms with E-state index in [4.69, 9.17) is 9.47 Å². The van der Waals surface area contributed by atoms with Crippen molar-refractivity contribution in [3.63, 3.8) is 0 Å². The van der Waals surface area contributed by atoms with Crippen molar-refractivity contribution >= 4 is 17.6 Å². The van der Waals surface area contributed by atoms with Crippen molar-refractivity contribution in [2.75, 3.05) is 12.4 Å². The molecule has 3 rings (SSSR count). The van der Waals surface area contributed by atoms with Crippen LogP contribution in [-0.4, -0.2) is 34.9 Å². The van der Waals surface area contributed by atoms with Crippen molar-refractivity contribution in [3.8, 4) is 17.0 Å². The summed E-state index contributed by atoms with van der Waals surface area (Å²) in [6, 6.07) is 16.5. The number of carbonyl (C=O) groups excluding carboxylic acids is 2. The average Bonchev–Trinajstić information content (AvgIpc) is 2.75. The zero-order chi connectivity index (χ0) is 22.4. The van der Waals surface area contributed by atoms with Crippen LogP contribution in [-0.2, 0) is 16.1 Å². The summed E-state index contributed by atoms with van der Waals surface area (Å²) in [5.41, 5.74) is 1.78. The van der Waals surface area contributed by atoms with Crippen molar-refractivity contribution in [1.29, 1.82) is 0 Å². The van der Waals surface area contributed by atoms with Crippen LogP contribution in [0.15, 0.2) is 65.5 Å². The second-order valence-corrected chi connectivity index (χ2v) is 7.03. The van der Waals surface area contributed by atoms with Crippen LogP contribution in [0, 0.1) is 0 Å². The Bertz CT molecular complexity index is 1140. The lowest BCUT2D eigenvalue weighted by Crippen LogP contribution is -2.29. The van der Waals surface area contributed by atoms with E-state index in [0.717, 1.165) is 10.2 Å². The molecule has 8 heteroatoms. The highest BCUT2D eigenvalue weighted by atomic mass is 16.5. The molecule has 0 atom stereocenters. The number of methoxy groups -OCH3 is 1. The molecule has 0 spiro atoms. The SMILES string of the molecule is COc1cccc(-c2ccc(=O)n(CC(=O)Nc3ccc(C(=O)OC(C)C)cc3)n2)c1. The van der Waals surface area contributed by atoms with Gasteiger partial charge in [-0.3, -0.25) is 9.59 Å². The van der Waals surface area contributed by atoms with Gasteiger partial charge in [0.15, 0.2) is 0 Å². The third-order valence-electron chi connectivity index (χ3n) is 4.27. The molecule has 3 aromatic rings. The minimum atomic E-state index is -0.432. The van der Waals surface area contributed by atoms with Crippen molar-refractivity contribution < 1.29 is 19.1 Å². The minimum absolute atomic E-state index is 0.217. The summed E-state index contributed by atoms with van der Waals surface area (Å²) in [4.78, 5) is 36.5. The van der Waals surface area contributed by atoms with E-state index >= 15 is 0 Å².